The zero-order valence-electron chi connectivity index (χ0n) is 11.4. The van der Waals surface area contributed by atoms with Gasteiger partial charge < -0.3 is 4.57 Å². The molecule has 0 spiro atoms. The Bertz CT molecular complexity index is 582. The Balaban J connectivity index is 2.53. The fraction of sp³-hybridized carbons (Fsp3) is 0.500. The average Bonchev–Trinajstić information content (AvgIpc) is 2.74. The number of halogens is 2. The molecule has 19 heavy (non-hydrogen) atoms. The lowest BCUT2D eigenvalue weighted by Gasteiger charge is -2.16. The number of fused-ring (bicyclic) bond motifs is 1. The number of nitrogens with zero attached hydrogens (tertiary/aromatic N) is 2. The van der Waals surface area contributed by atoms with Crippen molar-refractivity contribution in [1.29, 1.82) is 0 Å². The summed E-state index contributed by atoms with van der Waals surface area (Å²) in [4.78, 5) is 4.44. The van der Waals surface area contributed by atoms with Crippen molar-refractivity contribution in [3.8, 4) is 0 Å². The normalized spacial score (nSPS) is 13.1. The molecule has 0 amide bonds. The van der Waals surface area contributed by atoms with Crippen LogP contribution in [0.1, 0.15) is 31.3 Å². The molecular formula is C14H18ClFN2S. The fourth-order valence-corrected chi connectivity index (χ4v) is 3.13. The molecule has 2 aromatic rings. The van der Waals surface area contributed by atoms with Gasteiger partial charge in [-0.25, -0.2) is 9.37 Å². The Morgan fingerprint density at radius 2 is 2.21 bits per heavy atom. The summed E-state index contributed by atoms with van der Waals surface area (Å²) in [5.74, 6) is 3.03. The number of imidazole rings is 1. The quantitative estimate of drug-likeness (QED) is 0.755. The first kappa shape index (κ1) is 14.7. The number of benzene rings is 1. The Morgan fingerprint density at radius 1 is 1.47 bits per heavy atom. The van der Waals surface area contributed by atoms with Gasteiger partial charge in [-0.05, 0) is 31.2 Å². The number of hydrogen-bond donors (Lipinski definition) is 0. The van der Waals surface area contributed by atoms with Crippen LogP contribution in [0.25, 0.3) is 11.0 Å². The Hall–Kier alpha value is -0.740. The number of thioether (sulfide) groups is 1. The lowest BCUT2D eigenvalue weighted by Crippen LogP contribution is -2.11. The van der Waals surface area contributed by atoms with Gasteiger partial charge in [0.25, 0.3) is 0 Å². The lowest BCUT2D eigenvalue weighted by molar-refractivity contribution is 0.604. The predicted octanol–water partition coefficient (Wildman–Crippen LogP) is 4.54. The van der Waals surface area contributed by atoms with Gasteiger partial charge in [0, 0.05) is 17.9 Å². The minimum Gasteiger partial charge on any atom is -0.323 e. The zero-order valence-corrected chi connectivity index (χ0v) is 13.0. The molecule has 0 saturated heterocycles. The van der Waals surface area contributed by atoms with Crippen molar-refractivity contribution in [2.75, 3.05) is 11.5 Å². The van der Waals surface area contributed by atoms with Crippen LogP contribution in [0, 0.1) is 12.7 Å². The van der Waals surface area contributed by atoms with Crippen LogP contribution in [0.15, 0.2) is 12.1 Å². The van der Waals surface area contributed by atoms with Gasteiger partial charge in [-0.2, -0.15) is 11.8 Å². The van der Waals surface area contributed by atoms with E-state index in [1.807, 2.05) is 17.8 Å². The van der Waals surface area contributed by atoms with E-state index in [0.29, 0.717) is 23.0 Å². The number of hydrogen-bond acceptors (Lipinski definition) is 2. The first-order chi connectivity index (χ1) is 9.08. The van der Waals surface area contributed by atoms with Crippen LogP contribution >= 0.6 is 23.4 Å². The SMILES string of the molecule is CCSCC(C)n1c(CCl)nc2cc(F)c(C)cc21. The van der Waals surface area contributed by atoms with Crippen molar-refractivity contribution < 1.29 is 4.39 Å². The van der Waals surface area contributed by atoms with Gasteiger partial charge >= 0.3 is 0 Å². The molecule has 0 N–H and O–H groups in total. The standard InChI is InChI=1S/C14H18ClFN2S/c1-4-19-8-10(3)18-13-5-9(2)11(16)6-12(13)17-14(18)7-15/h5-6,10H,4,7-8H2,1-3H3. The van der Waals surface area contributed by atoms with Crippen molar-refractivity contribution in [1.82, 2.24) is 9.55 Å². The topological polar surface area (TPSA) is 17.8 Å². The molecule has 1 unspecified atom stereocenters. The molecular weight excluding hydrogens is 283 g/mol. The summed E-state index contributed by atoms with van der Waals surface area (Å²) in [5, 5.41) is 0. The summed E-state index contributed by atoms with van der Waals surface area (Å²) in [7, 11) is 0. The van der Waals surface area contributed by atoms with Gasteiger partial charge in [0.05, 0.1) is 16.9 Å². The summed E-state index contributed by atoms with van der Waals surface area (Å²) in [6.07, 6.45) is 0. The molecule has 0 saturated carbocycles. The second-order valence-electron chi connectivity index (χ2n) is 4.63. The average molecular weight is 301 g/mol. The van der Waals surface area contributed by atoms with E-state index >= 15 is 0 Å². The predicted molar refractivity (Wildman–Crippen MR) is 81.7 cm³/mol. The molecule has 104 valence electrons. The van der Waals surface area contributed by atoms with Crippen LogP contribution in [0.2, 0.25) is 0 Å². The molecule has 5 heteroatoms. The number of alkyl halides is 1. The summed E-state index contributed by atoms with van der Waals surface area (Å²) in [6, 6.07) is 3.66. The smallest absolute Gasteiger partial charge is 0.128 e. The maximum Gasteiger partial charge on any atom is 0.128 e. The monoisotopic (exact) mass is 300 g/mol. The number of rotatable bonds is 5. The molecule has 1 atom stereocenters. The molecule has 0 aliphatic heterocycles. The van der Waals surface area contributed by atoms with E-state index in [0.717, 1.165) is 22.8 Å². The van der Waals surface area contributed by atoms with Gasteiger partial charge in [0.1, 0.15) is 11.6 Å². The minimum atomic E-state index is -0.214. The second kappa shape index (κ2) is 6.14. The van der Waals surface area contributed by atoms with E-state index in [9.17, 15) is 4.39 Å². The van der Waals surface area contributed by atoms with Gasteiger partial charge in [-0.3, -0.25) is 0 Å². The van der Waals surface area contributed by atoms with Gasteiger partial charge in [0.15, 0.2) is 0 Å². The van der Waals surface area contributed by atoms with Gasteiger partial charge in [0.2, 0.25) is 0 Å². The Kier molecular flexibility index (Phi) is 4.74. The summed E-state index contributed by atoms with van der Waals surface area (Å²) < 4.78 is 15.7. The Morgan fingerprint density at radius 3 is 2.84 bits per heavy atom. The summed E-state index contributed by atoms with van der Waals surface area (Å²) in [5.41, 5.74) is 2.30. The molecule has 1 aromatic carbocycles. The number of aryl methyl sites for hydroxylation is 1. The maximum atomic E-state index is 13.6. The van der Waals surface area contributed by atoms with Crippen molar-refractivity contribution >= 4 is 34.4 Å². The largest absolute Gasteiger partial charge is 0.323 e. The van der Waals surface area contributed by atoms with Crippen LogP contribution < -0.4 is 0 Å². The first-order valence-corrected chi connectivity index (χ1v) is 8.08. The highest BCUT2D eigenvalue weighted by Gasteiger charge is 2.16. The molecule has 0 aliphatic rings. The van der Waals surface area contributed by atoms with E-state index in [1.54, 1.807) is 6.92 Å². The van der Waals surface area contributed by atoms with E-state index in [1.165, 1.54) is 6.07 Å². The number of aromatic nitrogens is 2. The zero-order chi connectivity index (χ0) is 14.0. The third-order valence-electron chi connectivity index (χ3n) is 3.17. The van der Waals surface area contributed by atoms with Crippen LogP contribution in [-0.4, -0.2) is 21.1 Å². The Labute approximate surface area is 122 Å². The van der Waals surface area contributed by atoms with E-state index in [4.69, 9.17) is 11.6 Å². The van der Waals surface area contributed by atoms with E-state index in [2.05, 4.69) is 23.4 Å². The highest BCUT2D eigenvalue weighted by atomic mass is 35.5. The lowest BCUT2D eigenvalue weighted by atomic mass is 10.2. The van der Waals surface area contributed by atoms with Crippen LogP contribution in [0.5, 0.6) is 0 Å². The van der Waals surface area contributed by atoms with Crippen molar-refractivity contribution in [2.24, 2.45) is 0 Å². The summed E-state index contributed by atoms with van der Waals surface area (Å²) >= 11 is 7.86. The van der Waals surface area contributed by atoms with Crippen molar-refractivity contribution in [2.45, 2.75) is 32.7 Å². The van der Waals surface area contributed by atoms with E-state index < -0.39 is 0 Å². The van der Waals surface area contributed by atoms with Crippen LogP contribution in [0.4, 0.5) is 4.39 Å². The molecule has 0 fully saturated rings. The molecule has 1 aromatic heterocycles. The third-order valence-corrected chi connectivity index (χ3v) is 4.53. The van der Waals surface area contributed by atoms with Crippen LogP contribution in [0.3, 0.4) is 0 Å². The third kappa shape index (κ3) is 2.90. The molecule has 0 bridgehead atoms. The van der Waals surface area contributed by atoms with Crippen molar-refractivity contribution in [3.05, 3.63) is 29.3 Å². The highest BCUT2D eigenvalue weighted by molar-refractivity contribution is 7.99. The van der Waals surface area contributed by atoms with E-state index in [-0.39, 0.29) is 5.82 Å². The fourth-order valence-electron chi connectivity index (χ4n) is 2.22. The van der Waals surface area contributed by atoms with Crippen LogP contribution in [-0.2, 0) is 5.88 Å². The van der Waals surface area contributed by atoms with Gasteiger partial charge in [-0.1, -0.05) is 6.92 Å². The molecule has 0 radical (unpaired) electrons. The molecule has 1 heterocycles. The second-order valence-corrected chi connectivity index (χ2v) is 6.22. The maximum absolute atomic E-state index is 13.6. The molecule has 2 nitrogen and oxygen atoms in total. The molecule has 0 aliphatic carbocycles. The minimum absolute atomic E-state index is 0.214. The van der Waals surface area contributed by atoms with Crippen molar-refractivity contribution in [3.63, 3.8) is 0 Å². The summed E-state index contributed by atoms with van der Waals surface area (Å²) in [6.45, 7) is 6.07. The molecule has 2 rings (SSSR count). The highest BCUT2D eigenvalue weighted by Crippen LogP contribution is 2.26. The first-order valence-electron chi connectivity index (χ1n) is 6.39. The van der Waals surface area contributed by atoms with Gasteiger partial charge in [-0.15, -0.1) is 11.6 Å².